The van der Waals surface area contributed by atoms with Gasteiger partial charge in [0.15, 0.2) is 0 Å². The van der Waals surface area contributed by atoms with Crippen molar-refractivity contribution in [3.63, 3.8) is 0 Å². The van der Waals surface area contributed by atoms with Crippen molar-refractivity contribution < 1.29 is 5.11 Å². The van der Waals surface area contributed by atoms with Crippen LogP contribution in [-0.4, -0.2) is 16.2 Å². The summed E-state index contributed by atoms with van der Waals surface area (Å²) in [6, 6.07) is 0. The van der Waals surface area contributed by atoms with Crippen LogP contribution in [0, 0.1) is 12.8 Å². The number of aryl methyl sites for hydroxylation is 2. The van der Waals surface area contributed by atoms with Crippen LogP contribution in [0.3, 0.4) is 0 Å². The lowest BCUT2D eigenvalue weighted by Crippen LogP contribution is -2.13. The molecule has 1 aromatic heterocycles. The summed E-state index contributed by atoms with van der Waals surface area (Å²) < 4.78 is 0. The summed E-state index contributed by atoms with van der Waals surface area (Å²) in [5.74, 6) is 0.538. The molecule has 0 aromatic carbocycles. The molecule has 0 spiro atoms. The van der Waals surface area contributed by atoms with E-state index >= 15 is 0 Å². The van der Waals surface area contributed by atoms with E-state index in [0.717, 1.165) is 19.3 Å². The third-order valence-corrected chi connectivity index (χ3v) is 4.20. The Hall–Kier alpha value is -0.410. The SMILES string of the molecule is Cc1ncsc1CCC1CCCC1O. The molecule has 1 fully saturated rings. The van der Waals surface area contributed by atoms with Crippen molar-refractivity contribution in [1.29, 1.82) is 0 Å². The number of hydrogen-bond acceptors (Lipinski definition) is 3. The van der Waals surface area contributed by atoms with Gasteiger partial charge in [0.25, 0.3) is 0 Å². The van der Waals surface area contributed by atoms with E-state index in [1.54, 1.807) is 11.3 Å². The zero-order valence-corrected chi connectivity index (χ0v) is 9.39. The van der Waals surface area contributed by atoms with Crippen molar-refractivity contribution >= 4 is 11.3 Å². The zero-order valence-electron chi connectivity index (χ0n) is 8.57. The van der Waals surface area contributed by atoms with E-state index in [2.05, 4.69) is 11.9 Å². The van der Waals surface area contributed by atoms with Gasteiger partial charge in [0.2, 0.25) is 0 Å². The molecule has 1 aliphatic rings. The molecule has 1 aliphatic carbocycles. The van der Waals surface area contributed by atoms with Gasteiger partial charge in [-0.05, 0) is 38.5 Å². The van der Waals surface area contributed by atoms with Gasteiger partial charge in [-0.25, -0.2) is 4.98 Å². The van der Waals surface area contributed by atoms with Crippen molar-refractivity contribution in [2.24, 2.45) is 5.92 Å². The van der Waals surface area contributed by atoms with Gasteiger partial charge in [0.1, 0.15) is 0 Å². The molecule has 2 rings (SSSR count). The lowest BCUT2D eigenvalue weighted by molar-refractivity contribution is 0.128. The fourth-order valence-corrected chi connectivity index (χ4v) is 3.03. The normalized spacial score (nSPS) is 27.0. The quantitative estimate of drug-likeness (QED) is 0.833. The van der Waals surface area contributed by atoms with Crippen LogP contribution in [0.15, 0.2) is 5.51 Å². The number of hydrogen-bond donors (Lipinski definition) is 1. The monoisotopic (exact) mass is 211 g/mol. The predicted molar refractivity (Wildman–Crippen MR) is 58.5 cm³/mol. The molecular weight excluding hydrogens is 194 g/mol. The highest BCUT2D eigenvalue weighted by atomic mass is 32.1. The van der Waals surface area contributed by atoms with E-state index < -0.39 is 0 Å². The van der Waals surface area contributed by atoms with E-state index in [1.165, 1.54) is 23.4 Å². The molecule has 0 aliphatic heterocycles. The number of aliphatic hydroxyl groups is 1. The van der Waals surface area contributed by atoms with Gasteiger partial charge < -0.3 is 5.11 Å². The molecule has 1 N–H and O–H groups in total. The molecule has 1 saturated carbocycles. The van der Waals surface area contributed by atoms with Gasteiger partial charge in [0, 0.05) is 4.88 Å². The number of rotatable bonds is 3. The fraction of sp³-hybridized carbons (Fsp3) is 0.727. The predicted octanol–water partition coefficient (Wildman–Crippen LogP) is 2.55. The molecule has 14 heavy (non-hydrogen) atoms. The summed E-state index contributed by atoms with van der Waals surface area (Å²) in [7, 11) is 0. The van der Waals surface area contributed by atoms with Gasteiger partial charge in [-0.2, -0.15) is 0 Å². The van der Waals surface area contributed by atoms with E-state index in [1.807, 2.05) is 5.51 Å². The number of aromatic nitrogens is 1. The Morgan fingerprint density at radius 1 is 1.57 bits per heavy atom. The molecule has 0 saturated heterocycles. The van der Waals surface area contributed by atoms with Crippen molar-refractivity contribution in [2.75, 3.05) is 0 Å². The third kappa shape index (κ3) is 2.15. The second-order valence-electron chi connectivity index (χ2n) is 4.16. The number of nitrogens with zero attached hydrogens (tertiary/aromatic N) is 1. The van der Waals surface area contributed by atoms with Crippen LogP contribution in [0.1, 0.15) is 36.3 Å². The molecule has 3 heteroatoms. The second kappa shape index (κ2) is 4.41. The topological polar surface area (TPSA) is 33.1 Å². The minimum absolute atomic E-state index is 0.0387. The summed E-state index contributed by atoms with van der Waals surface area (Å²) in [5, 5.41) is 9.67. The minimum atomic E-state index is -0.0387. The first-order valence-corrected chi connectivity index (χ1v) is 6.22. The fourth-order valence-electron chi connectivity index (χ4n) is 2.24. The molecule has 0 bridgehead atoms. The maximum atomic E-state index is 9.67. The first kappa shape index (κ1) is 10.1. The van der Waals surface area contributed by atoms with Crippen molar-refractivity contribution in [3.05, 3.63) is 16.1 Å². The molecule has 78 valence electrons. The first-order valence-electron chi connectivity index (χ1n) is 5.34. The molecule has 2 atom stereocenters. The Labute approximate surface area is 89.0 Å². The minimum Gasteiger partial charge on any atom is -0.393 e. The lowest BCUT2D eigenvalue weighted by atomic mass is 9.99. The lowest BCUT2D eigenvalue weighted by Gasteiger charge is -2.13. The highest BCUT2D eigenvalue weighted by Crippen LogP contribution is 2.30. The van der Waals surface area contributed by atoms with Crippen molar-refractivity contribution in [3.8, 4) is 0 Å². The first-order chi connectivity index (χ1) is 6.77. The van der Waals surface area contributed by atoms with Gasteiger partial charge in [-0.3, -0.25) is 0 Å². The highest BCUT2D eigenvalue weighted by Gasteiger charge is 2.24. The largest absolute Gasteiger partial charge is 0.393 e. The van der Waals surface area contributed by atoms with Crippen LogP contribution >= 0.6 is 11.3 Å². The van der Waals surface area contributed by atoms with Gasteiger partial charge in [-0.1, -0.05) is 6.42 Å². The molecule has 2 nitrogen and oxygen atoms in total. The zero-order chi connectivity index (χ0) is 9.97. The maximum Gasteiger partial charge on any atom is 0.0797 e. The summed E-state index contributed by atoms with van der Waals surface area (Å²) in [4.78, 5) is 5.63. The number of aliphatic hydroxyl groups excluding tert-OH is 1. The Bertz CT molecular complexity index is 297. The number of thiazole rings is 1. The van der Waals surface area contributed by atoms with Crippen LogP contribution in [0.25, 0.3) is 0 Å². The Morgan fingerprint density at radius 3 is 3.00 bits per heavy atom. The maximum absolute atomic E-state index is 9.67. The molecule has 1 heterocycles. The molecule has 2 unspecified atom stereocenters. The van der Waals surface area contributed by atoms with Crippen molar-refractivity contribution in [2.45, 2.75) is 45.1 Å². The van der Waals surface area contributed by atoms with Gasteiger partial charge in [0.05, 0.1) is 17.3 Å². The van der Waals surface area contributed by atoms with Crippen LogP contribution in [0.2, 0.25) is 0 Å². The van der Waals surface area contributed by atoms with E-state index in [4.69, 9.17) is 0 Å². The smallest absolute Gasteiger partial charge is 0.0797 e. The summed E-state index contributed by atoms with van der Waals surface area (Å²) >= 11 is 1.74. The Kier molecular flexibility index (Phi) is 3.19. The molecule has 1 aromatic rings. The van der Waals surface area contributed by atoms with Crippen LogP contribution < -0.4 is 0 Å². The van der Waals surface area contributed by atoms with Gasteiger partial charge in [-0.15, -0.1) is 11.3 Å². The van der Waals surface area contributed by atoms with Crippen LogP contribution in [0.4, 0.5) is 0 Å². The Balaban J connectivity index is 1.85. The van der Waals surface area contributed by atoms with Crippen LogP contribution in [-0.2, 0) is 6.42 Å². The molecule has 0 radical (unpaired) electrons. The molecule has 0 amide bonds. The summed E-state index contributed by atoms with van der Waals surface area (Å²) in [6.45, 7) is 2.07. The summed E-state index contributed by atoms with van der Waals surface area (Å²) in [6.07, 6.45) is 5.60. The van der Waals surface area contributed by atoms with E-state index in [0.29, 0.717) is 5.92 Å². The average Bonchev–Trinajstić information content (AvgIpc) is 2.72. The molecular formula is C11H17NOS. The Morgan fingerprint density at radius 2 is 2.43 bits per heavy atom. The summed E-state index contributed by atoms with van der Waals surface area (Å²) in [5.41, 5.74) is 3.08. The van der Waals surface area contributed by atoms with Crippen LogP contribution in [0.5, 0.6) is 0 Å². The second-order valence-corrected chi connectivity index (χ2v) is 5.10. The van der Waals surface area contributed by atoms with E-state index in [-0.39, 0.29) is 6.10 Å². The highest BCUT2D eigenvalue weighted by molar-refractivity contribution is 7.09. The van der Waals surface area contributed by atoms with E-state index in [9.17, 15) is 5.11 Å². The van der Waals surface area contributed by atoms with Crippen molar-refractivity contribution in [1.82, 2.24) is 4.98 Å². The third-order valence-electron chi connectivity index (χ3n) is 3.21. The standard InChI is InChI=1S/C11H17NOS/c1-8-11(14-7-12-8)6-5-9-3-2-4-10(9)13/h7,9-10,13H,2-6H2,1H3. The average molecular weight is 211 g/mol. The van der Waals surface area contributed by atoms with Gasteiger partial charge >= 0.3 is 0 Å².